The second-order valence-corrected chi connectivity index (χ2v) is 6.12. The Balaban J connectivity index is 1.99. The van der Waals surface area contributed by atoms with Gasteiger partial charge in [-0.2, -0.15) is 0 Å². The van der Waals surface area contributed by atoms with Crippen molar-refractivity contribution >= 4 is 17.3 Å². The van der Waals surface area contributed by atoms with Crippen LogP contribution in [0.15, 0.2) is 24.3 Å². The molecule has 1 heterocycles. The predicted molar refractivity (Wildman–Crippen MR) is 80.3 cm³/mol. The molecule has 0 N–H and O–H groups in total. The molecule has 1 aliphatic rings. The number of benzene rings is 1. The van der Waals surface area contributed by atoms with Crippen LogP contribution < -0.4 is 0 Å². The number of hydrogen-bond acceptors (Lipinski definition) is 4. The third-order valence-electron chi connectivity index (χ3n) is 3.17. The summed E-state index contributed by atoms with van der Waals surface area (Å²) in [5.41, 5.74) is 2.41. The highest BCUT2D eigenvalue weighted by Gasteiger charge is 2.16. The van der Waals surface area contributed by atoms with E-state index in [1.165, 1.54) is 5.56 Å². The first-order valence-electron chi connectivity index (χ1n) is 6.62. The molecular formula is C15H21NO2S. The fourth-order valence-electron chi connectivity index (χ4n) is 1.91. The molecule has 3 nitrogen and oxygen atoms in total. The Bertz CT molecular complexity index is 430. The van der Waals surface area contributed by atoms with Crippen LogP contribution >= 0.6 is 12.2 Å². The van der Waals surface area contributed by atoms with E-state index in [0.717, 1.165) is 18.7 Å². The van der Waals surface area contributed by atoms with Gasteiger partial charge in [-0.15, -0.1) is 5.06 Å². The summed E-state index contributed by atoms with van der Waals surface area (Å²) < 4.78 is 5.28. The van der Waals surface area contributed by atoms with Crippen molar-refractivity contribution in [2.45, 2.75) is 26.2 Å². The summed E-state index contributed by atoms with van der Waals surface area (Å²) in [7, 11) is 0. The zero-order valence-corrected chi connectivity index (χ0v) is 12.6. The summed E-state index contributed by atoms with van der Waals surface area (Å²) >= 11 is 5.33. The van der Waals surface area contributed by atoms with Gasteiger partial charge in [0.2, 0.25) is 5.05 Å². The van der Waals surface area contributed by atoms with Crippen LogP contribution in [0.5, 0.6) is 0 Å². The molecule has 0 aliphatic carbocycles. The van der Waals surface area contributed by atoms with E-state index in [1.807, 2.05) is 17.2 Å². The highest BCUT2D eigenvalue weighted by Crippen LogP contribution is 2.22. The molecule has 1 saturated heterocycles. The van der Waals surface area contributed by atoms with E-state index in [1.54, 1.807) is 0 Å². The molecule has 0 saturated carbocycles. The maximum Gasteiger partial charge on any atom is 0.218 e. The lowest BCUT2D eigenvalue weighted by Gasteiger charge is -2.26. The van der Waals surface area contributed by atoms with Crippen LogP contribution in [0.2, 0.25) is 0 Å². The Morgan fingerprint density at radius 3 is 2.26 bits per heavy atom. The molecule has 19 heavy (non-hydrogen) atoms. The van der Waals surface area contributed by atoms with Crippen molar-refractivity contribution in [3.63, 3.8) is 0 Å². The fraction of sp³-hybridized carbons (Fsp3) is 0.533. The van der Waals surface area contributed by atoms with Gasteiger partial charge in [-0.1, -0.05) is 32.9 Å². The largest absolute Gasteiger partial charge is 0.393 e. The SMILES string of the molecule is CC(C)(C)c1ccc(C(=S)ON2CCOCC2)cc1. The molecule has 0 radical (unpaired) electrons. The van der Waals surface area contributed by atoms with Gasteiger partial charge in [0, 0.05) is 5.56 Å². The van der Waals surface area contributed by atoms with E-state index < -0.39 is 0 Å². The minimum absolute atomic E-state index is 0.158. The molecule has 0 bridgehead atoms. The highest BCUT2D eigenvalue weighted by molar-refractivity contribution is 7.80. The lowest BCUT2D eigenvalue weighted by Crippen LogP contribution is -2.37. The second-order valence-electron chi connectivity index (χ2n) is 5.75. The molecule has 104 valence electrons. The summed E-state index contributed by atoms with van der Waals surface area (Å²) in [4.78, 5) is 5.69. The van der Waals surface area contributed by atoms with Gasteiger partial charge >= 0.3 is 0 Å². The van der Waals surface area contributed by atoms with Crippen LogP contribution in [0.25, 0.3) is 0 Å². The summed E-state index contributed by atoms with van der Waals surface area (Å²) in [6.07, 6.45) is 0. The van der Waals surface area contributed by atoms with Crippen LogP contribution in [-0.2, 0) is 15.0 Å². The average Bonchev–Trinajstić information content (AvgIpc) is 2.39. The minimum atomic E-state index is 0.158. The standard InChI is InChI=1S/C15H21NO2S/c1-15(2,3)13-6-4-12(5-7-13)14(19)18-16-8-10-17-11-9-16/h4-7H,8-11H2,1-3H3. The molecule has 1 aliphatic heterocycles. The smallest absolute Gasteiger partial charge is 0.218 e. The minimum Gasteiger partial charge on any atom is -0.393 e. The molecule has 0 aromatic heterocycles. The molecule has 2 rings (SSSR count). The third kappa shape index (κ3) is 4.00. The zero-order valence-electron chi connectivity index (χ0n) is 11.8. The van der Waals surface area contributed by atoms with Gasteiger partial charge in [-0.05, 0) is 35.3 Å². The van der Waals surface area contributed by atoms with Crippen LogP contribution in [0, 0.1) is 0 Å². The number of rotatable bonds is 2. The Kier molecular flexibility index (Phi) is 4.55. The van der Waals surface area contributed by atoms with Gasteiger partial charge in [0.15, 0.2) is 0 Å². The lowest BCUT2D eigenvalue weighted by molar-refractivity contribution is -0.126. The molecule has 0 atom stereocenters. The predicted octanol–water partition coefficient (Wildman–Crippen LogP) is 2.92. The zero-order chi connectivity index (χ0) is 13.9. The van der Waals surface area contributed by atoms with E-state index >= 15 is 0 Å². The summed E-state index contributed by atoms with van der Waals surface area (Å²) in [5, 5.41) is 2.39. The van der Waals surface area contributed by atoms with Crippen molar-refractivity contribution in [3.05, 3.63) is 35.4 Å². The van der Waals surface area contributed by atoms with Crippen molar-refractivity contribution in [1.82, 2.24) is 5.06 Å². The number of nitrogens with zero attached hydrogens (tertiary/aromatic N) is 1. The van der Waals surface area contributed by atoms with E-state index in [-0.39, 0.29) is 5.41 Å². The van der Waals surface area contributed by atoms with E-state index in [0.29, 0.717) is 18.3 Å². The maximum atomic E-state index is 5.69. The van der Waals surface area contributed by atoms with Gasteiger partial charge in [0.25, 0.3) is 0 Å². The Morgan fingerprint density at radius 2 is 1.74 bits per heavy atom. The van der Waals surface area contributed by atoms with Crippen molar-refractivity contribution in [2.24, 2.45) is 0 Å². The van der Waals surface area contributed by atoms with E-state index in [9.17, 15) is 0 Å². The van der Waals surface area contributed by atoms with E-state index in [4.69, 9.17) is 21.8 Å². The van der Waals surface area contributed by atoms with E-state index in [2.05, 4.69) is 32.9 Å². The van der Waals surface area contributed by atoms with Gasteiger partial charge in [-0.25, -0.2) is 0 Å². The topological polar surface area (TPSA) is 21.7 Å². The monoisotopic (exact) mass is 279 g/mol. The first-order valence-corrected chi connectivity index (χ1v) is 7.03. The molecule has 0 spiro atoms. The lowest BCUT2D eigenvalue weighted by atomic mass is 9.87. The van der Waals surface area contributed by atoms with Crippen LogP contribution in [0.1, 0.15) is 31.9 Å². The summed E-state index contributed by atoms with van der Waals surface area (Å²) in [5.74, 6) is 0. The number of ether oxygens (including phenoxy) is 1. The van der Waals surface area contributed by atoms with Crippen LogP contribution in [0.3, 0.4) is 0 Å². The first-order chi connectivity index (χ1) is 8.97. The number of morpholine rings is 1. The Labute approximate surface area is 120 Å². The van der Waals surface area contributed by atoms with Crippen LogP contribution in [-0.4, -0.2) is 36.4 Å². The molecule has 1 aromatic rings. The summed E-state index contributed by atoms with van der Waals surface area (Å²) in [6, 6.07) is 8.29. The summed E-state index contributed by atoms with van der Waals surface area (Å²) in [6.45, 7) is 9.53. The van der Waals surface area contributed by atoms with Crippen molar-refractivity contribution in [1.29, 1.82) is 0 Å². The molecule has 0 unspecified atom stereocenters. The number of hydroxylamine groups is 2. The van der Waals surface area contributed by atoms with Crippen LogP contribution in [0.4, 0.5) is 0 Å². The van der Waals surface area contributed by atoms with Gasteiger partial charge < -0.3 is 9.57 Å². The first kappa shape index (κ1) is 14.4. The average molecular weight is 279 g/mol. The normalized spacial score (nSPS) is 17.2. The molecular weight excluding hydrogens is 258 g/mol. The third-order valence-corrected chi connectivity index (χ3v) is 3.48. The van der Waals surface area contributed by atoms with Crippen molar-refractivity contribution in [3.8, 4) is 0 Å². The quantitative estimate of drug-likeness (QED) is 0.776. The number of hydrogen-bond donors (Lipinski definition) is 0. The molecule has 0 amide bonds. The van der Waals surface area contributed by atoms with Crippen molar-refractivity contribution in [2.75, 3.05) is 26.3 Å². The highest BCUT2D eigenvalue weighted by atomic mass is 32.1. The van der Waals surface area contributed by atoms with Gasteiger partial charge in [0.05, 0.1) is 26.3 Å². The van der Waals surface area contributed by atoms with Gasteiger partial charge in [0.1, 0.15) is 0 Å². The second kappa shape index (κ2) is 5.99. The fourth-order valence-corrected chi connectivity index (χ4v) is 2.16. The van der Waals surface area contributed by atoms with Gasteiger partial charge in [-0.3, -0.25) is 0 Å². The Hall–Kier alpha value is -0.970. The molecule has 1 fully saturated rings. The Morgan fingerprint density at radius 1 is 1.16 bits per heavy atom. The molecule has 4 heteroatoms. The maximum absolute atomic E-state index is 5.69. The number of thiocarbonyl (C=S) groups is 1. The molecule has 1 aromatic carbocycles. The van der Waals surface area contributed by atoms with Crippen molar-refractivity contribution < 1.29 is 9.57 Å².